The highest BCUT2D eigenvalue weighted by atomic mass is 35.5. The Morgan fingerprint density at radius 3 is 2.74 bits per heavy atom. The Hall–Kier alpha value is -2.07. The first-order valence-corrected chi connectivity index (χ1v) is 8.31. The summed E-state index contributed by atoms with van der Waals surface area (Å²) in [5.74, 6) is -0.248. The molecule has 0 radical (unpaired) electrons. The zero-order chi connectivity index (χ0) is 16.2. The van der Waals surface area contributed by atoms with Crippen LogP contribution in [0.4, 0.5) is 11.4 Å². The number of anilines is 2. The fraction of sp³-hybridized carbons (Fsp3) is 0.333. The van der Waals surface area contributed by atoms with E-state index in [1.165, 1.54) is 24.9 Å². The van der Waals surface area contributed by atoms with Crippen LogP contribution in [0.25, 0.3) is 0 Å². The largest absolute Gasteiger partial charge is 0.369 e. The Kier molecular flexibility index (Phi) is 4.82. The lowest BCUT2D eigenvalue weighted by Crippen LogP contribution is -2.37. The van der Waals surface area contributed by atoms with Crippen molar-refractivity contribution in [2.75, 3.05) is 16.8 Å². The first-order valence-electron chi connectivity index (χ1n) is 7.94. The minimum absolute atomic E-state index is 0.212. The van der Waals surface area contributed by atoms with Crippen LogP contribution in [0.2, 0.25) is 5.15 Å². The Labute approximate surface area is 141 Å². The van der Waals surface area contributed by atoms with E-state index in [9.17, 15) is 4.79 Å². The van der Waals surface area contributed by atoms with Gasteiger partial charge in [0, 0.05) is 30.2 Å². The van der Waals surface area contributed by atoms with Crippen molar-refractivity contribution >= 4 is 28.9 Å². The molecule has 1 aromatic carbocycles. The number of piperidine rings is 1. The normalized spacial score (nSPS) is 17.8. The zero-order valence-corrected chi connectivity index (χ0v) is 13.9. The van der Waals surface area contributed by atoms with Gasteiger partial charge in [-0.3, -0.25) is 4.79 Å². The molecule has 1 aliphatic rings. The Bertz CT molecular complexity index is 687. The van der Waals surface area contributed by atoms with E-state index in [0.29, 0.717) is 11.6 Å². The number of nitrogens with zero attached hydrogens (tertiary/aromatic N) is 2. The predicted molar refractivity (Wildman–Crippen MR) is 94.3 cm³/mol. The molecule has 23 heavy (non-hydrogen) atoms. The summed E-state index contributed by atoms with van der Waals surface area (Å²) < 4.78 is 0. The maximum atomic E-state index is 12.2. The lowest BCUT2D eigenvalue weighted by Gasteiger charge is -2.35. The number of carbonyl (C=O) groups excluding carboxylic acids is 1. The highest BCUT2D eigenvalue weighted by Gasteiger charge is 2.18. The Morgan fingerprint density at radius 2 is 2.04 bits per heavy atom. The maximum Gasteiger partial charge on any atom is 0.258 e. The van der Waals surface area contributed by atoms with E-state index in [2.05, 4.69) is 34.3 Å². The zero-order valence-electron chi connectivity index (χ0n) is 13.1. The summed E-state index contributed by atoms with van der Waals surface area (Å²) in [7, 11) is 0. The third-order valence-electron chi connectivity index (χ3n) is 4.26. The van der Waals surface area contributed by atoms with Crippen LogP contribution in [0, 0.1) is 0 Å². The molecule has 1 aliphatic heterocycles. The summed E-state index contributed by atoms with van der Waals surface area (Å²) in [4.78, 5) is 18.6. The molecule has 1 aromatic heterocycles. The summed E-state index contributed by atoms with van der Waals surface area (Å²) in [6.07, 6.45) is 5.34. The van der Waals surface area contributed by atoms with Crippen LogP contribution >= 0.6 is 11.6 Å². The van der Waals surface area contributed by atoms with Gasteiger partial charge >= 0.3 is 0 Å². The van der Waals surface area contributed by atoms with Crippen molar-refractivity contribution in [2.45, 2.75) is 32.2 Å². The van der Waals surface area contributed by atoms with Gasteiger partial charge in [0.1, 0.15) is 5.15 Å². The van der Waals surface area contributed by atoms with Crippen molar-refractivity contribution in [3.8, 4) is 0 Å². The smallest absolute Gasteiger partial charge is 0.258 e. The molecule has 4 nitrogen and oxygen atoms in total. The number of rotatable bonds is 3. The van der Waals surface area contributed by atoms with Crippen molar-refractivity contribution in [3.63, 3.8) is 0 Å². The highest BCUT2D eigenvalue weighted by molar-refractivity contribution is 6.33. The van der Waals surface area contributed by atoms with Crippen LogP contribution in [0.15, 0.2) is 42.6 Å². The van der Waals surface area contributed by atoms with E-state index in [4.69, 9.17) is 11.6 Å². The van der Waals surface area contributed by atoms with E-state index in [1.807, 2.05) is 12.1 Å². The van der Waals surface area contributed by atoms with Crippen molar-refractivity contribution < 1.29 is 4.79 Å². The van der Waals surface area contributed by atoms with Gasteiger partial charge in [0.25, 0.3) is 5.91 Å². The second-order valence-corrected chi connectivity index (χ2v) is 6.24. The summed E-state index contributed by atoms with van der Waals surface area (Å²) in [6.45, 7) is 3.36. The van der Waals surface area contributed by atoms with Gasteiger partial charge < -0.3 is 10.2 Å². The molecular weight excluding hydrogens is 310 g/mol. The third kappa shape index (κ3) is 3.64. The van der Waals surface area contributed by atoms with Gasteiger partial charge in [-0.05, 0) is 62.6 Å². The molecule has 120 valence electrons. The number of hydrogen-bond acceptors (Lipinski definition) is 3. The first-order chi connectivity index (χ1) is 11.1. The molecule has 5 heteroatoms. The van der Waals surface area contributed by atoms with Crippen molar-refractivity contribution in [1.29, 1.82) is 0 Å². The number of pyridine rings is 1. The Morgan fingerprint density at radius 1 is 1.26 bits per heavy atom. The number of carbonyl (C=O) groups is 1. The van der Waals surface area contributed by atoms with Crippen molar-refractivity contribution in [1.82, 2.24) is 4.98 Å². The first kappa shape index (κ1) is 15.8. The van der Waals surface area contributed by atoms with Crippen LogP contribution in [-0.2, 0) is 0 Å². The van der Waals surface area contributed by atoms with E-state index >= 15 is 0 Å². The SMILES string of the molecule is CC1CCCCN1c1ccc(NC(=O)c2cccnc2Cl)cc1. The number of halogens is 1. The van der Waals surface area contributed by atoms with E-state index in [0.717, 1.165) is 12.2 Å². The minimum Gasteiger partial charge on any atom is -0.369 e. The lowest BCUT2D eigenvalue weighted by atomic mass is 10.0. The molecule has 2 heterocycles. The molecular formula is C18H20ClN3O. The van der Waals surface area contributed by atoms with Crippen LogP contribution < -0.4 is 10.2 Å². The molecule has 1 N–H and O–H groups in total. The molecule has 3 rings (SSSR count). The maximum absolute atomic E-state index is 12.2. The monoisotopic (exact) mass is 329 g/mol. The van der Waals surface area contributed by atoms with Gasteiger partial charge in [0.05, 0.1) is 5.56 Å². The Balaban J connectivity index is 1.70. The van der Waals surface area contributed by atoms with E-state index in [-0.39, 0.29) is 11.1 Å². The standard InChI is InChI=1S/C18H20ClN3O/c1-13-5-2-3-12-22(13)15-9-7-14(8-10-15)21-18(23)16-6-4-11-20-17(16)19/h4,6-11,13H,2-3,5,12H2,1H3,(H,21,23). The topological polar surface area (TPSA) is 45.2 Å². The summed E-state index contributed by atoms with van der Waals surface area (Å²) in [5.41, 5.74) is 2.33. The summed E-state index contributed by atoms with van der Waals surface area (Å²) in [6, 6.07) is 11.9. The minimum atomic E-state index is -0.248. The molecule has 0 spiro atoms. The van der Waals surface area contributed by atoms with Gasteiger partial charge in [-0.15, -0.1) is 0 Å². The average molecular weight is 330 g/mol. The van der Waals surface area contributed by atoms with Crippen molar-refractivity contribution in [3.05, 3.63) is 53.3 Å². The lowest BCUT2D eigenvalue weighted by molar-refractivity contribution is 0.102. The fourth-order valence-electron chi connectivity index (χ4n) is 2.97. The average Bonchev–Trinajstić information content (AvgIpc) is 2.56. The molecule has 0 aliphatic carbocycles. The van der Waals surface area contributed by atoms with Gasteiger partial charge in [0.15, 0.2) is 0 Å². The van der Waals surface area contributed by atoms with Crippen LogP contribution in [0.1, 0.15) is 36.5 Å². The van der Waals surface area contributed by atoms with Gasteiger partial charge in [-0.2, -0.15) is 0 Å². The van der Waals surface area contributed by atoms with Crippen LogP contribution in [-0.4, -0.2) is 23.5 Å². The number of hydrogen-bond donors (Lipinski definition) is 1. The van der Waals surface area contributed by atoms with Gasteiger partial charge in [-0.25, -0.2) is 4.98 Å². The van der Waals surface area contributed by atoms with Crippen LogP contribution in [0.3, 0.4) is 0 Å². The molecule has 2 aromatic rings. The highest BCUT2D eigenvalue weighted by Crippen LogP contribution is 2.26. The van der Waals surface area contributed by atoms with Gasteiger partial charge in [-0.1, -0.05) is 11.6 Å². The fourth-order valence-corrected chi connectivity index (χ4v) is 3.18. The second kappa shape index (κ2) is 7.01. The molecule has 1 atom stereocenters. The number of benzene rings is 1. The second-order valence-electron chi connectivity index (χ2n) is 5.88. The van der Waals surface area contributed by atoms with Crippen molar-refractivity contribution in [2.24, 2.45) is 0 Å². The van der Waals surface area contributed by atoms with E-state index in [1.54, 1.807) is 18.3 Å². The number of aromatic nitrogens is 1. The third-order valence-corrected chi connectivity index (χ3v) is 4.56. The number of nitrogens with one attached hydrogen (secondary N) is 1. The predicted octanol–water partition coefficient (Wildman–Crippen LogP) is 4.37. The molecule has 1 fully saturated rings. The summed E-state index contributed by atoms with van der Waals surface area (Å²) in [5, 5.41) is 3.07. The molecule has 1 saturated heterocycles. The quantitative estimate of drug-likeness (QED) is 0.851. The van der Waals surface area contributed by atoms with Crippen LogP contribution in [0.5, 0.6) is 0 Å². The number of amides is 1. The summed E-state index contributed by atoms with van der Waals surface area (Å²) >= 11 is 5.95. The molecule has 0 saturated carbocycles. The molecule has 1 amide bonds. The molecule has 1 unspecified atom stereocenters. The van der Waals surface area contributed by atoms with Gasteiger partial charge in [0.2, 0.25) is 0 Å². The van der Waals surface area contributed by atoms with E-state index < -0.39 is 0 Å². The molecule has 0 bridgehead atoms.